The first-order valence-electron chi connectivity index (χ1n) is 12.4. The molecule has 0 bridgehead atoms. The van der Waals surface area contributed by atoms with E-state index >= 15 is 0 Å². The summed E-state index contributed by atoms with van der Waals surface area (Å²) in [6.07, 6.45) is 6.37. The van der Waals surface area contributed by atoms with Crippen molar-refractivity contribution in [2.24, 2.45) is 0 Å². The number of amides is 2. The fourth-order valence-corrected chi connectivity index (χ4v) is 4.74. The fourth-order valence-electron chi connectivity index (χ4n) is 4.74. The number of rotatable bonds is 4. The number of nitrogens with one attached hydrogen (secondary N) is 2. The number of furan rings is 1. The molecule has 1 aliphatic carbocycles. The first kappa shape index (κ1) is 23.9. The Bertz CT molecular complexity index is 1380. The molecule has 5 rings (SSSR count). The number of benzene rings is 2. The van der Waals surface area contributed by atoms with Gasteiger partial charge in [-0.2, -0.15) is 0 Å². The van der Waals surface area contributed by atoms with Crippen LogP contribution >= 0.6 is 0 Å². The van der Waals surface area contributed by atoms with Crippen LogP contribution in [-0.2, 0) is 4.74 Å². The van der Waals surface area contributed by atoms with Crippen LogP contribution in [0.25, 0.3) is 33.1 Å². The third-order valence-electron chi connectivity index (χ3n) is 6.50. The molecule has 2 aromatic heterocycles. The summed E-state index contributed by atoms with van der Waals surface area (Å²) < 4.78 is 11.4. The number of hydrogen-bond acceptors (Lipinski definition) is 5. The number of hydrogen-bond donors (Lipinski definition) is 2. The third kappa shape index (κ3) is 5.35. The number of para-hydroxylation sites is 1. The van der Waals surface area contributed by atoms with Crippen molar-refractivity contribution in [1.82, 2.24) is 15.6 Å². The average Bonchev–Trinajstić information content (AvgIpc) is 3.27. The maximum absolute atomic E-state index is 13.1. The monoisotopic (exact) mass is 485 g/mol. The summed E-state index contributed by atoms with van der Waals surface area (Å²) >= 11 is 0. The Hall–Kier alpha value is -3.87. The molecule has 1 saturated carbocycles. The van der Waals surface area contributed by atoms with Crippen molar-refractivity contribution in [2.75, 3.05) is 0 Å². The summed E-state index contributed by atoms with van der Waals surface area (Å²) in [5.74, 6) is 0.621. The Balaban J connectivity index is 1.27. The number of carbonyl (C=O) groups excluding carboxylic acids is 2. The zero-order chi connectivity index (χ0) is 25.3. The molecule has 7 heteroatoms. The molecule has 1 aliphatic rings. The van der Waals surface area contributed by atoms with Crippen LogP contribution in [0.4, 0.5) is 4.79 Å². The smallest absolute Gasteiger partial charge is 0.407 e. The number of aromatic nitrogens is 1. The minimum absolute atomic E-state index is 0.0625. The van der Waals surface area contributed by atoms with Crippen molar-refractivity contribution in [1.29, 1.82) is 0 Å². The number of pyridine rings is 1. The topological polar surface area (TPSA) is 93.5 Å². The molecule has 0 saturated heterocycles. The second kappa shape index (κ2) is 9.64. The predicted octanol–water partition coefficient (Wildman–Crippen LogP) is 6.21. The molecule has 2 aromatic carbocycles. The molecule has 0 atom stereocenters. The zero-order valence-corrected chi connectivity index (χ0v) is 20.8. The van der Waals surface area contributed by atoms with Gasteiger partial charge in [-0.15, -0.1) is 0 Å². The molecule has 0 unspecified atom stereocenters. The molecule has 36 heavy (non-hydrogen) atoms. The van der Waals surface area contributed by atoms with Gasteiger partial charge in [0.05, 0.1) is 0 Å². The van der Waals surface area contributed by atoms with Crippen LogP contribution in [0.3, 0.4) is 0 Å². The maximum Gasteiger partial charge on any atom is 0.407 e. The standard InChI is InChI=1S/C29H31N3O4/c1-29(2,3)36-28(34)32-22-12-10-21(11-13-22)31-27(33)19-8-9-20-16-30-17-24(23(20)14-19)26-15-18-6-4-5-7-25(18)35-26/h4-9,14-17,21-22H,10-13H2,1-3H3,(H,31,33)(H,32,34)/t21-,22-. The Morgan fingerprint density at radius 3 is 2.36 bits per heavy atom. The highest BCUT2D eigenvalue weighted by Crippen LogP contribution is 2.33. The quantitative estimate of drug-likeness (QED) is 0.358. The van der Waals surface area contributed by atoms with E-state index in [4.69, 9.17) is 9.15 Å². The Morgan fingerprint density at radius 1 is 0.917 bits per heavy atom. The first-order valence-corrected chi connectivity index (χ1v) is 12.4. The van der Waals surface area contributed by atoms with E-state index in [1.807, 2.05) is 69.3 Å². The lowest BCUT2D eigenvalue weighted by molar-refractivity contribution is 0.0488. The van der Waals surface area contributed by atoms with Gasteiger partial charge in [0.25, 0.3) is 5.91 Å². The Kier molecular flexibility index (Phi) is 6.39. The average molecular weight is 486 g/mol. The highest BCUT2D eigenvalue weighted by atomic mass is 16.6. The van der Waals surface area contributed by atoms with E-state index in [1.54, 1.807) is 12.4 Å². The number of nitrogens with zero attached hydrogens (tertiary/aromatic N) is 1. The second-order valence-electron chi connectivity index (χ2n) is 10.4. The van der Waals surface area contributed by atoms with Crippen molar-refractivity contribution in [3.05, 3.63) is 66.5 Å². The molecule has 0 radical (unpaired) electrons. The molecular formula is C29H31N3O4. The fraction of sp³-hybridized carbons (Fsp3) is 0.345. The van der Waals surface area contributed by atoms with Crippen molar-refractivity contribution < 1.29 is 18.7 Å². The van der Waals surface area contributed by atoms with Gasteiger partial charge in [-0.25, -0.2) is 4.79 Å². The lowest BCUT2D eigenvalue weighted by atomic mass is 9.91. The van der Waals surface area contributed by atoms with Gasteiger partial charge in [-0.1, -0.05) is 24.3 Å². The number of ether oxygens (including phenoxy) is 1. The largest absolute Gasteiger partial charge is 0.456 e. The third-order valence-corrected chi connectivity index (χ3v) is 6.50. The summed E-state index contributed by atoms with van der Waals surface area (Å²) in [6, 6.07) is 15.7. The second-order valence-corrected chi connectivity index (χ2v) is 10.4. The van der Waals surface area contributed by atoms with Crippen LogP contribution in [0.2, 0.25) is 0 Å². The van der Waals surface area contributed by atoms with Gasteiger partial charge in [0.2, 0.25) is 0 Å². The highest BCUT2D eigenvalue weighted by Gasteiger charge is 2.26. The molecule has 4 aromatic rings. The van der Waals surface area contributed by atoms with Gasteiger partial charge < -0.3 is 19.8 Å². The van der Waals surface area contributed by atoms with Crippen LogP contribution in [-0.4, -0.2) is 34.7 Å². The summed E-state index contributed by atoms with van der Waals surface area (Å²) in [6.45, 7) is 5.55. The van der Waals surface area contributed by atoms with Crippen molar-refractivity contribution >= 4 is 33.7 Å². The van der Waals surface area contributed by atoms with E-state index in [9.17, 15) is 9.59 Å². The van der Waals surface area contributed by atoms with E-state index in [2.05, 4.69) is 15.6 Å². The Labute approximate surface area is 210 Å². The maximum atomic E-state index is 13.1. The SMILES string of the molecule is CC(C)(C)OC(=O)N[C@H]1CC[C@H](NC(=O)c2ccc3cncc(-c4cc5ccccc5o4)c3c2)CC1. The molecule has 1 fully saturated rings. The molecule has 2 heterocycles. The van der Waals surface area contributed by atoms with Gasteiger partial charge >= 0.3 is 6.09 Å². The van der Waals surface area contributed by atoms with Crippen molar-refractivity contribution in [3.63, 3.8) is 0 Å². The summed E-state index contributed by atoms with van der Waals surface area (Å²) in [5, 5.41) is 9.00. The molecule has 0 aliphatic heterocycles. The molecule has 0 spiro atoms. The van der Waals surface area contributed by atoms with Gasteiger partial charge in [0.1, 0.15) is 16.9 Å². The number of fused-ring (bicyclic) bond motifs is 2. The van der Waals surface area contributed by atoms with Crippen LogP contribution in [0.5, 0.6) is 0 Å². The molecular weight excluding hydrogens is 454 g/mol. The highest BCUT2D eigenvalue weighted by molar-refractivity contribution is 6.03. The van der Waals surface area contributed by atoms with Crippen LogP contribution < -0.4 is 10.6 Å². The van der Waals surface area contributed by atoms with E-state index < -0.39 is 5.60 Å². The summed E-state index contributed by atoms with van der Waals surface area (Å²) in [5.41, 5.74) is 1.75. The first-order chi connectivity index (χ1) is 17.2. The molecule has 2 amide bonds. The summed E-state index contributed by atoms with van der Waals surface area (Å²) in [7, 11) is 0. The minimum Gasteiger partial charge on any atom is -0.456 e. The van der Waals surface area contributed by atoms with Crippen LogP contribution in [0.1, 0.15) is 56.8 Å². The van der Waals surface area contributed by atoms with Gasteiger partial charge in [-0.3, -0.25) is 9.78 Å². The van der Waals surface area contributed by atoms with E-state index in [-0.39, 0.29) is 24.1 Å². The van der Waals surface area contributed by atoms with Gasteiger partial charge in [-0.05, 0) is 76.1 Å². The van der Waals surface area contributed by atoms with E-state index in [0.29, 0.717) is 5.56 Å². The minimum atomic E-state index is -0.518. The predicted molar refractivity (Wildman–Crippen MR) is 140 cm³/mol. The van der Waals surface area contributed by atoms with Crippen molar-refractivity contribution in [3.8, 4) is 11.3 Å². The normalized spacial score (nSPS) is 18.2. The molecule has 7 nitrogen and oxygen atoms in total. The van der Waals surface area contributed by atoms with E-state index in [0.717, 1.165) is 58.7 Å². The Morgan fingerprint density at radius 2 is 1.64 bits per heavy atom. The van der Waals surface area contributed by atoms with Gasteiger partial charge in [0, 0.05) is 46.4 Å². The van der Waals surface area contributed by atoms with Crippen LogP contribution in [0, 0.1) is 0 Å². The lowest BCUT2D eigenvalue weighted by Crippen LogP contribution is -2.45. The van der Waals surface area contributed by atoms with Crippen LogP contribution in [0.15, 0.2) is 65.3 Å². The molecule has 2 N–H and O–H groups in total. The van der Waals surface area contributed by atoms with Crippen molar-refractivity contribution in [2.45, 2.75) is 64.1 Å². The summed E-state index contributed by atoms with van der Waals surface area (Å²) in [4.78, 5) is 29.5. The van der Waals surface area contributed by atoms with E-state index in [1.165, 1.54) is 0 Å². The molecule has 186 valence electrons. The number of carbonyl (C=O) groups is 2. The zero-order valence-electron chi connectivity index (χ0n) is 20.8. The number of alkyl carbamates (subject to hydrolysis) is 1. The van der Waals surface area contributed by atoms with Gasteiger partial charge in [0.15, 0.2) is 0 Å². The lowest BCUT2D eigenvalue weighted by Gasteiger charge is -2.30.